The minimum Gasteiger partial charge on any atom is -0.465 e. The number of nitrogens with one attached hydrogen (secondary N) is 1. The molecule has 3 heteroatoms. The van der Waals surface area contributed by atoms with Gasteiger partial charge < -0.3 is 9.73 Å². The minimum atomic E-state index is 0.696. The molecule has 0 amide bonds. The lowest BCUT2D eigenvalue weighted by Gasteiger charge is -2.21. The summed E-state index contributed by atoms with van der Waals surface area (Å²) in [6.45, 7) is 3.00. The first-order valence-corrected chi connectivity index (χ1v) is 6.92. The van der Waals surface area contributed by atoms with E-state index >= 15 is 0 Å². The summed E-state index contributed by atoms with van der Waals surface area (Å²) in [5, 5.41) is 3.57. The highest BCUT2D eigenvalue weighted by Crippen LogP contribution is 2.17. The molecule has 0 bridgehead atoms. The summed E-state index contributed by atoms with van der Waals surface area (Å²) in [7, 11) is 0. The second kappa shape index (κ2) is 5.61. The zero-order valence-electron chi connectivity index (χ0n) is 9.29. The normalized spacial score (nSPS) is 18.2. The lowest BCUT2D eigenvalue weighted by molar-refractivity contribution is 0.413. The Morgan fingerprint density at radius 2 is 2.07 bits per heavy atom. The monoisotopic (exact) mass is 225 g/mol. The predicted molar refractivity (Wildman–Crippen MR) is 65.3 cm³/mol. The Balaban J connectivity index is 1.76. The standard InChI is InChI=1S/C12H19NOS/c1-2-11-3-4-12(14-11)9-13-10-5-7-15-8-6-10/h3-4,10,13H,2,5-9H2,1H3. The highest BCUT2D eigenvalue weighted by molar-refractivity contribution is 7.99. The summed E-state index contributed by atoms with van der Waals surface area (Å²) < 4.78 is 5.66. The Labute approximate surface area is 95.8 Å². The van der Waals surface area contributed by atoms with E-state index in [1.54, 1.807) is 0 Å². The number of rotatable bonds is 4. The van der Waals surface area contributed by atoms with Crippen LogP contribution in [0.15, 0.2) is 16.5 Å². The molecule has 0 aromatic carbocycles. The molecule has 1 aliphatic rings. The summed E-state index contributed by atoms with van der Waals surface area (Å²) in [5.41, 5.74) is 0. The molecule has 15 heavy (non-hydrogen) atoms. The maximum atomic E-state index is 5.66. The molecule has 1 aromatic rings. The molecule has 1 fully saturated rings. The molecular weight excluding hydrogens is 206 g/mol. The van der Waals surface area contributed by atoms with E-state index in [1.807, 2.05) is 0 Å². The largest absolute Gasteiger partial charge is 0.465 e. The van der Waals surface area contributed by atoms with Gasteiger partial charge in [0, 0.05) is 12.5 Å². The fourth-order valence-electron chi connectivity index (χ4n) is 1.85. The van der Waals surface area contributed by atoms with Gasteiger partial charge in [-0.1, -0.05) is 6.92 Å². The highest BCUT2D eigenvalue weighted by atomic mass is 32.2. The quantitative estimate of drug-likeness (QED) is 0.853. The van der Waals surface area contributed by atoms with Gasteiger partial charge in [0.15, 0.2) is 0 Å². The van der Waals surface area contributed by atoms with E-state index in [0.29, 0.717) is 6.04 Å². The Morgan fingerprint density at radius 3 is 2.73 bits per heavy atom. The highest BCUT2D eigenvalue weighted by Gasteiger charge is 2.13. The van der Waals surface area contributed by atoms with Crippen molar-refractivity contribution >= 4 is 11.8 Å². The summed E-state index contributed by atoms with van der Waals surface area (Å²) in [4.78, 5) is 0. The maximum Gasteiger partial charge on any atom is 0.117 e. The zero-order chi connectivity index (χ0) is 10.5. The van der Waals surface area contributed by atoms with Gasteiger partial charge in [0.2, 0.25) is 0 Å². The van der Waals surface area contributed by atoms with Crippen molar-refractivity contribution in [2.24, 2.45) is 0 Å². The van der Waals surface area contributed by atoms with Gasteiger partial charge in [-0.2, -0.15) is 11.8 Å². The van der Waals surface area contributed by atoms with E-state index in [4.69, 9.17) is 4.42 Å². The van der Waals surface area contributed by atoms with Crippen molar-refractivity contribution in [3.05, 3.63) is 23.7 Å². The van der Waals surface area contributed by atoms with Gasteiger partial charge in [-0.05, 0) is 36.5 Å². The Kier molecular flexibility index (Phi) is 4.15. The third-order valence-electron chi connectivity index (χ3n) is 2.85. The van der Waals surface area contributed by atoms with E-state index < -0.39 is 0 Å². The summed E-state index contributed by atoms with van der Waals surface area (Å²) >= 11 is 2.06. The fraction of sp³-hybridized carbons (Fsp3) is 0.667. The van der Waals surface area contributed by atoms with Crippen molar-refractivity contribution < 1.29 is 4.42 Å². The van der Waals surface area contributed by atoms with Crippen molar-refractivity contribution in [3.8, 4) is 0 Å². The van der Waals surface area contributed by atoms with Crippen LogP contribution in [0.3, 0.4) is 0 Å². The first-order valence-electron chi connectivity index (χ1n) is 5.77. The molecule has 0 atom stereocenters. The predicted octanol–water partition coefficient (Wildman–Crippen LogP) is 2.83. The van der Waals surface area contributed by atoms with Crippen LogP contribution in [0.4, 0.5) is 0 Å². The average molecular weight is 225 g/mol. The second-order valence-corrected chi connectivity index (χ2v) is 5.21. The molecule has 84 valence electrons. The molecule has 0 saturated carbocycles. The average Bonchev–Trinajstić information content (AvgIpc) is 2.76. The second-order valence-electron chi connectivity index (χ2n) is 3.99. The Morgan fingerprint density at radius 1 is 1.33 bits per heavy atom. The van der Waals surface area contributed by atoms with Crippen LogP contribution >= 0.6 is 11.8 Å². The van der Waals surface area contributed by atoms with Gasteiger partial charge in [0.05, 0.1) is 6.54 Å². The summed E-state index contributed by atoms with van der Waals surface area (Å²) in [5.74, 6) is 4.77. The lowest BCUT2D eigenvalue weighted by atomic mass is 10.1. The molecule has 1 N–H and O–H groups in total. The maximum absolute atomic E-state index is 5.66. The number of furan rings is 1. The molecule has 1 saturated heterocycles. The van der Waals surface area contributed by atoms with E-state index in [9.17, 15) is 0 Å². The van der Waals surface area contributed by atoms with E-state index in [2.05, 4.69) is 36.1 Å². The van der Waals surface area contributed by atoms with Gasteiger partial charge >= 0.3 is 0 Å². The van der Waals surface area contributed by atoms with Gasteiger partial charge in [-0.3, -0.25) is 0 Å². The SMILES string of the molecule is CCc1ccc(CNC2CCSCC2)o1. The van der Waals surface area contributed by atoms with Crippen LogP contribution in [0, 0.1) is 0 Å². The third kappa shape index (κ3) is 3.28. The number of hydrogen-bond donors (Lipinski definition) is 1. The third-order valence-corrected chi connectivity index (χ3v) is 3.90. The number of aryl methyl sites for hydroxylation is 1. The van der Waals surface area contributed by atoms with Gasteiger partial charge in [-0.25, -0.2) is 0 Å². The van der Waals surface area contributed by atoms with Crippen molar-refractivity contribution in [1.82, 2.24) is 5.32 Å². The van der Waals surface area contributed by atoms with Crippen LogP contribution in [-0.2, 0) is 13.0 Å². The summed E-state index contributed by atoms with van der Waals surface area (Å²) in [6, 6.07) is 4.86. The topological polar surface area (TPSA) is 25.2 Å². The van der Waals surface area contributed by atoms with Crippen LogP contribution in [0.1, 0.15) is 31.3 Å². The van der Waals surface area contributed by atoms with Crippen molar-refractivity contribution in [3.63, 3.8) is 0 Å². The molecule has 0 unspecified atom stereocenters. The van der Waals surface area contributed by atoms with E-state index in [0.717, 1.165) is 24.5 Å². The van der Waals surface area contributed by atoms with Crippen molar-refractivity contribution in [1.29, 1.82) is 0 Å². The van der Waals surface area contributed by atoms with Crippen LogP contribution in [0.25, 0.3) is 0 Å². The molecule has 1 aromatic heterocycles. The number of thioether (sulfide) groups is 1. The van der Waals surface area contributed by atoms with Gasteiger partial charge in [0.25, 0.3) is 0 Å². The molecular formula is C12H19NOS. The van der Waals surface area contributed by atoms with Gasteiger partial charge in [-0.15, -0.1) is 0 Å². The molecule has 2 rings (SSSR count). The molecule has 0 spiro atoms. The Bertz CT molecular complexity index is 292. The van der Waals surface area contributed by atoms with Crippen molar-refractivity contribution in [2.45, 2.75) is 38.8 Å². The first-order chi connectivity index (χ1) is 7.38. The summed E-state index contributed by atoms with van der Waals surface area (Å²) in [6.07, 6.45) is 3.58. The smallest absolute Gasteiger partial charge is 0.117 e. The zero-order valence-corrected chi connectivity index (χ0v) is 10.1. The lowest BCUT2D eigenvalue weighted by Crippen LogP contribution is -2.31. The van der Waals surface area contributed by atoms with Gasteiger partial charge in [0.1, 0.15) is 11.5 Å². The van der Waals surface area contributed by atoms with E-state index in [-0.39, 0.29) is 0 Å². The first kappa shape index (κ1) is 11.1. The van der Waals surface area contributed by atoms with Crippen LogP contribution < -0.4 is 5.32 Å². The van der Waals surface area contributed by atoms with E-state index in [1.165, 1.54) is 24.3 Å². The van der Waals surface area contributed by atoms with Crippen LogP contribution in [-0.4, -0.2) is 17.5 Å². The van der Waals surface area contributed by atoms with Crippen molar-refractivity contribution in [2.75, 3.05) is 11.5 Å². The molecule has 2 heterocycles. The van der Waals surface area contributed by atoms with Crippen LogP contribution in [0.2, 0.25) is 0 Å². The molecule has 0 radical (unpaired) electrons. The molecule has 2 nitrogen and oxygen atoms in total. The molecule has 0 aliphatic carbocycles. The fourth-order valence-corrected chi connectivity index (χ4v) is 2.96. The molecule has 1 aliphatic heterocycles. The Hall–Kier alpha value is -0.410. The van der Waals surface area contributed by atoms with Crippen LogP contribution in [0.5, 0.6) is 0 Å². The minimum absolute atomic E-state index is 0.696. The number of hydrogen-bond acceptors (Lipinski definition) is 3.